The number of nitrogens with zero attached hydrogens (tertiary/aromatic N) is 2. The lowest BCUT2D eigenvalue weighted by Gasteiger charge is -2.27. The van der Waals surface area contributed by atoms with Gasteiger partial charge in [-0.25, -0.2) is 0 Å². The Balaban J connectivity index is 1.99. The Labute approximate surface area is 135 Å². The topological polar surface area (TPSA) is 39.7 Å². The number of benzene rings is 1. The average molecular weight is 302 g/mol. The van der Waals surface area contributed by atoms with Gasteiger partial charge in [-0.1, -0.05) is 38.1 Å². The highest BCUT2D eigenvalue weighted by Gasteiger charge is 2.15. The van der Waals surface area contributed by atoms with E-state index in [2.05, 4.69) is 72.7 Å². The fourth-order valence-corrected chi connectivity index (χ4v) is 2.79. The third-order valence-corrected chi connectivity index (χ3v) is 3.99. The number of hydrogen-bond acceptors (Lipinski definition) is 4. The Hall–Kier alpha value is -1.55. The van der Waals surface area contributed by atoms with E-state index in [1.807, 2.05) is 0 Å². The molecule has 0 aromatic heterocycles. The van der Waals surface area contributed by atoms with Crippen molar-refractivity contribution in [2.45, 2.75) is 32.7 Å². The first-order valence-electron chi connectivity index (χ1n) is 8.33. The third-order valence-electron chi connectivity index (χ3n) is 3.99. The summed E-state index contributed by atoms with van der Waals surface area (Å²) in [6.45, 7) is 7.33. The molecule has 4 nitrogen and oxygen atoms in total. The number of nitrogens with one attached hydrogen (secondary N) is 2. The molecule has 1 aromatic carbocycles. The molecule has 0 aliphatic carbocycles. The van der Waals surface area contributed by atoms with Crippen molar-refractivity contribution in [3.8, 4) is 0 Å². The second-order valence-electron chi connectivity index (χ2n) is 6.71. The van der Waals surface area contributed by atoms with Gasteiger partial charge in [-0.3, -0.25) is 4.99 Å². The molecule has 1 aliphatic heterocycles. The first-order chi connectivity index (χ1) is 10.6. The molecular formula is C18H30N4. The van der Waals surface area contributed by atoms with Crippen molar-refractivity contribution < 1.29 is 0 Å². The molecule has 1 aliphatic rings. The van der Waals surface area contributed by atoms with Gasteiger partial charge in [0.25, 0.3) is 0 Å². The van der Waals surface area contributed by atoms with Crippen LogP contribution >= 0.6 is 0 Å². The van der Waals surface area contributed by atoms with Gasteiger partial charge in [0.15, 0.2) is 5.96 Å². The van der Waals surface area contributed by atoms with Crippen molar-refractivity contribution in [3.05, 3.63) is 35.4 Å². The summed E-state index contributed by atoms with van der Waals surface area (Å²) in [7, 11) is 4.26. The minimum Gasteiger partial charge on any atom is -0.356 e. The van der Waals surface area contributed by atoms with Crippen molar-refractivity contribution in [2.24, 2.45) is 10.9 Å². The molecule has 0 bridgehead atoms. The molecule has 1 unspecified atom stereocenters. The van der Waals surface area contributed by atoms with Crippen molar-refractivity contribution in [3.63, 3.8) is 0 Å². The fraction of sp³-hybridized carbons (Fsp3) is 0.611. The molecule has 0 radical (unpaired) electrons. The molecule has 22 heavy (non-hydrogen) atoms. The zero-order valence-electron chi connectivity index (χ0n) is 14.4. The summed E-state index contributed by atoms with van der Waals surface area (Å²) in [6, 6.07) is 9.41. The minimum absolute atomic E-state index is 0.347. The van der Waals surface area contributed by atoms with Gasteiger partial charge in [-0.05, 0) is 44.0 Å². The van der Waals surface area contributed by atoms with Crippen LogP contribution in [0.2, 0.25) is 0 Å². The van der Waals surface area contributed by atoms with E-state index in [9.17, 15) is 0 Å². The van der Waals surface area contributed by atoms with Crippen LogP contribution in [0.5, 0.6) is 0 Å². The summed E-state index contributed by atoms with van der Waals surface area (Å²) < 4.78 is 0. The summed E-state index contributed by atoms with van der Waals surface area (Å²) in [4.78, 5) is 6.73. The molecule has 2 N–H and O–H groups in total. The van der Waals surface area contributed by atoms with Gasteiger partial charge in [0.2, 0.25) is 0 Å². The number of guanidine groups is 1. The molecule has 1 heterocycles. The summed E-state index contributed by atoms with van der Waals surface area (Å²) in [5.74, 6) is 1.64. The maximum atomic E-state index is 4.48. The fourth-order valence-electron chi connectivity index (χ4n) is 2.79. The van der Waals surface area contributed by atoms with E-state index >= 15 is 0 Å². The van der Waals surface area contributed by atoms with Crippen molar-refractivity contribution >= 4 is 5.96 Å². The van der Waals surface area contributed by atoms with E-state index in [0.717, 1.165) is 38.4 Å². The number of aliphatic imine (C=N–C) groups is 1. The first kappa shape index (κ1) is 16.8. The highest BCUT2D eigenvalue weighted by molar-refractivity contribution is 5.80. The minimum atomic E-state index is 0.347. The number of hydrogen-bond donors (Lipinski definition) is 2. The predicted molar refractivity (Wildman–Crippen MR) is 94.3 cm³/mol. The normalized spacial score (nSPS) is 16.4. The average Bonchev–Trinajstić information content (AvgIpc) is 2.49. The van der Waals surface area contributed by atoms with Gasteiger partial charge in [0.05, 0.1) is 6.04 Å². The van der Waals surface area contributed by atoms with Crippen LogP contribution in [-0.2, 0) is 6.42 Å². The smallest absolute Gasteiger partial charge is 0.191 e. The maximum absolute atomic E-state index is 4.48. The summed E-state index contributed by atoms with van der Waals surface area (Å²) >= 11 is 0. The van der Waals surface area contributed by atoms with Gasteiger partial charge < -0.3 is 15.5 Å². The molecule has 0 spiro atoms. The first-order valence-corrected chi connectivity index (χ1v) is 8.33. The summed E-state index contributed by atoms with van der Waals surface area (Å²) in [5, 5.41) is 6.76. The Morgan fingerprint density at radius 3 is 2.50 bits per heavy atom. The number of rotatable bonds is 6. The quantitative estimate of drug-likeness (QED) is 0.848. The second kappa shape index (κ2) is 8.18. The molecule has 122 valence electrons. The zero-order valence-corrected chi connectivity index (χ0v) is 14.4. The SMILES string of the molecule is CC(C)Cc1ccc(C(CNC2=NCCCN2)N(C)C)cc1. The van der Waals surface area contributed by atoms with E-state index in [1.54, 1.807) is 0 Å². The van der Waals surface area contributed by atoms with Crippen LogP contribution in [0.25, 0.3) is 0 Å². The van der Waals surface area contributed by atoms with Gasteiger partial charge in [0, 0.05) is 19.6 Å². The standard InChI is InChI=1S/C18H30N4/c1-14(2)12-15-6-8-16(9-7-15)17(22(3)4)13-21-18-19-10-5-11-20-18/h6-9,14,17H,5,10-13H2,1-4H3,(H2,19,20,21). The van der Waals surface area contributed by atoms with Crippen LogP contribution in [0, 0.1) is 5.92 Å². The predicted octanol–water partition coefficient (Wildman–Crippen LogP) is 2.43. The van der Waals surface area contributed by atoms with Crippen LogP contribution in [0.1, 0.15) is 37.4 Å². The van der Waals surface area contributed by atoms with Crippen molar-refractivity contribution in [1.29, 1.82) is 0 Å². The van der Waals surface area contributed by atoms with E-state index < -0.39 is 0 Å². The van der Waals surface area contributed by atoms with Gasteiger partial charge >= 0.3 is 0 Å². The highest BCUT2D eigenvalue weighted by Crippen LogP contribution is 2.19. The van der Waals surface area contributed by atoms with E-state index in [0.29, 0.717) is 12.0 Å². The Morgan fingerprint density at radius 2 is 1.95 bits per heavy atom. The maximum Gasteiger partial charge on any atom is 0.191 e. The van der Waals surface area contributed by atoms with E-state index in [-0.39, 0.29) is 0 Å². The number of likely N-dealkylation sites (N-methyl/N-ethyl adjacent to an activating group) is 1. The van der Waals surface area contributed by atoms with Crippen LogP contribution in [0.3, 0.4) is 0 Å². The second-order valence-corrected chi connectivity index (χ2v) is 6.71. The lowest BCUT2D eigenvalue weighted by molar-refractivity contribution is 0.298. The lowest BCUT2D eigenvalue weighted by Crippen LogP contribution is -2.44. The molecule has 1 atom stereocenters. The van der Waals surface area contributed by atoms with Gasteiger partial charge in [0.1, 0.15) is 0 Å². The molecule has 0 saturated heterocycles. The zero-order chi connectivity index (χ0) is 15.9. The van der Waals surface area contributed by atoms with Crippen LogP contribution < -0.4 is 10.6 Å². The lowest BCUT2D eigenvalue weighted by atomic mass is 9.99. The molecule has 0 saturated carbocycles. The van der Waals surface area contributed by atoms with E-state index in [4.69, 9.17) is 0 Å². The molecule has 4 heteroatoms. The Morgan fingerprint density at radius 1 is 1.23 bits per heavy atom. The monoisotopic (exact) mass is 302 g/mol. The largest absolute Gasteiger partial charge is 0.356 e. The highest BCUT2D eigenvalue weighted by atomic mass is 15.2. The Kier molecular flexibility index (Phi) is 6.25. The summed E-state index contributed by atoms with van der Waals surface area (Å²) in [5.41, 5.74) is 2.77. The Bertz CT molecular complexity index is 476. The summed E-state index contributed by atoms with van der Waals surface area (Å²) in [6.07, 6.45) is 2.27. The van der Waals surface area contributed by atoms with Crippen LogP contribution in [0.15, 0.2) is 29.3 Å². The van der Waals surface area contributed by atoms with Gasteiger partial charge in [-0.2, -0.15) is 0 Å². The molecule has 1 aromatic rings. The van der Waals surface area contributed by atoms with Crippen molar-refractivity contribution in [1.82, 2.24) is 15.5 Å². The molecule has 0 fully saturated rings. The van der Waals surface area contributed by atoms with Gasteiger partial charge in [-0.15, -0.1) is 0 Å². The van der Waals surface area contributed by atoms with E-state index in [1.165, 1.54) is 11.1 Å². The molecule has 0 amide bonds. The molecular weight excluding hydrogens is 272 g/mol. The van der Waals surface area contributed by atoms with Crippen LogP contribution in [0.4, 0.5) is 0 Å². The molecule has 2 rings (SSSR count). The van der Waals surface area contributed by atoms with Crippen molar-refractivity contribution in [2.75, 3.05) is 33.7 Å². The third kappa shape index (κ3) is 5.02. The van der Waals surface area contributed by atoms with Crippen LogP contribution in [-0.4, -0.2) is 44.6 Å².